The number of nitrogens with two attached hydrogens (primary N) is 1. The average Bonchev–Trinajstić information content (AvgIpc) is 3.02. The summed E-state index contributed by atoms with van der Waals surface area (Å²) in [4.78, 5) is 26.3. The smallest absolute Gasteiger partial charge is 0.348 e. The summed E-state index contributed by atoms with van der Waals surface area (Å²) in [6.45, 7) is 6.25. The lowest BCUT2D eigenvalue weighted by molar-refractivity contribution is -0.356. The van der Waals surface area contributed by atoms with Gasteiger partial charge in [0.2, 0.25) is 6.29 Å². The van der Waals surface area contributed by atoms with E-state index in [4.69, 9.17) is 38.3 Å². The van der Waals surface area contributed by atoms with Crippen LogP contribution in [0.2, 0.25) is 0 Å². The SMILES string of the molecule is CO[C@@H]1[C@@H](N)[C@@H](O[C@H]2[C@H](Oc3ccc4c(c3)c(O)c3c(=O)oc5ccc(C)c6c(=O)oc4c3c56)O[C@H](C)[C@H](O)[C@]2(C)O)O[C@H](C)[C@@H]1O. The maximum absolute atomic E-state index is 13.2. The van der Waals surface area contributed by atoms with Gasteiger partial charge in [0.15, 0.2) is 12.4 Å². The molecule has 0 amide bonds. The molecule has 5 aromatic rings. The van der Waals surface area contributed by atoms with Crippen molar-refractivity contribution in [1.29, 1.82) is 0 Å². The zero-order valence-corrected chi connectivity index (χ0v) is 26.1. The van der Waals surface area contributed by atoms with E-state index in [-0.39, 0.29) is 38.5 Å². The summed E-state index contributed by atoms with van der Waals surface area (Å²) >= 11 is 0. The van der Waals surface area contributed by atoms with E-state index in [2.05, 4.69) is 0 Å². The molecular formula is C33H35NO13. The summed E-state index contributed by atoms with van der Waals surface area (Å²) in [5.41, 5.74) is 3.80. The Labute approximate surface area is 266 Å². The van der Waals surface area contributed by atoms with Crippen LogP contribution in [0.3, 0.4) is 0 Å². The zero-order chi connectivity index (χ0) is 33.7. The number of hydrogen-bond donors (Lipinski definition) is 5. The number of ether oxygens (including phenoxy) is 5. The minimum Gasteiger partial charge on any atom is -0.506 e. The lowest BCUT2D eigenvalue weighted by Gasteiger charge is -2.50. The van der Waals surface area contributed by atoms with Crippen molar-refractivity contribution in [2.24, 2.45) is 5.73 Å². The van der Waals surface area contributed by atoms with E-state index in [9.17, 15) is 30.0 Å². The third kappa shape index (κ3) is 4.70. The van der Waals surface area contributed by atoms with Gasteiger partial charge >= 0.3 is 11.3 Å². The summed E-state index contributed by atoms with van der Waals surface area (Å²) < 4.78 is 40.7. The Kier molecular flexibility index (Phi) is 7.50. The molecule has 47 heavy (non-hydrogen) atoms. The van der Waals surface area contributed by atoms with Crippen LogP contribution in [-0.2, 0) is 18.9 Å². The molecule has 7 rings (SSSR count). The molecule has 0 radical (unpaired) electrons. The molecule has 0 unspecified atom stereocenters. The van der Waals surface area contributed by atoms with Gasteiger partial charge in [-0.05, 0) is 57.5 Å². The largest absolute Gasteiger partial charge is 0.506 e. The summed E-state index contributed by atoms with van der Waals surface area (Å²) in [6.07, 6.45) is -8.94. The Hall–Kier alpha value is -3.86. The Bertz CT molecular complexity index is 2120. The highest BCUT2D eigenvalue weighted by atomic mass is 16.7. The van der Waals surface area contributed by atoms with Crippen molar-refractivity contribution >= 4 is 43.5 Å². The van der Waals surface area contributed by atoms with E-state index in [0.29, 0.717) is 16.3 Å². The number of fused-ring (bicyclic) bond motifs is 2. The number of aliphatic hydroxyl groups excluding tert-OH is 2. The number of aliphatic hydroxyl groups is 3. The molecule has 0 aliphatic carbocycles. The van der Waals surface area contributed by atoms with Gasteiger partial charge in [-0.3, -0.25) is 0 Å². The molecule has 10 atom stereocenters. The molecule has 0 spiro atoms. The summed E-state index contributed by atoms with van der Waals surface area (Å²) in [7, 11) is 1.39. The number of methoxy groups -OCH3 is 1. The number of aromatic hydroxyl groups is 1. The van der Waals surface area contributed by atoms with Gasteiger partial charge in [-0.25, -0.2) is 9.59 Å². The van der Waals surface area contributed by atoms with Crippen LogP contribution < -0.4 is 21.7 Å². The Balaban J connectivity index is 1.32. The number of phenols is 1. The van der Waals surface area contributed by atoms with Crippen LogP contribution in [0.4, 0.5) is 0 Å². The van der Waals surface area contributed by atoms with E-state index in [1.54, 1.807) is 39.0 Å². The van der Waals surface area contributed by atoms with Crippen molar-refractivity contribution in [2.75, 3.05) is 7.11 Å². The first-order chi connectivity index (χ1) is 22.2. The molecule has 2 saturated heterocycles. The first kappa shape index (κ1) is 31.7. The highest BCUT2D eigenvalue weighted by Crippen LogP contribution is 2.43. The predicted molar refractivity (Wildman–Crippen MR) is 167 cm³/mol. The van der Waals surface area contributed by atoms with Gasteiger partial charge in [0.25, 0.3) is 0 Å². The van der Waals surface area contributed by atoms with Gasteiger partial charge in [-0.1, -0.05) is 6.07 Å². The predicted octanol–water partition coefficient (Wildman–Crippen LogP) is 1.73. The number of rotatable bonds is 5. The average molecular weight is 654 g/mol. The number of benzene rings is 3. The van der Waals surface area contributed by atoms with Crippen LogP contribution in [0, 0.1) is 6.92 Å². The van der Waals surface area contributed by atoms with Crippen molar-refractivity contribution in [1.82, 2.24) is 0 Å². The van der Waals surface area contributed by atoms with E-state index in [1.165, 1.54) is 26.2 Å². The molecule has 2 aromatic heterocycles. The summed E-state index contributed by atoms with van der Waals surface area (Å²) in [5, 5.41) is 45.4. The second-order valence-corrected chi connectivity index (χ2v) is 12.6. The van der Waals surface area contributed by atoms with E-state index >= 15 is 0 Å². The van der Waals surface area contributed by atoms with Gasteiger partial charge in [0.05, 0.1) is 23.6 Å². The van der Waals surface area contributed by atoms with Crippen molar-refractivity contribution < 1.29 is 52.9 Å². The fourth-order valence-electron chi connectivity index (χ4n) is 6.91. The third-order valence-corrected chi connectivity index (χ3v) is 9.52. The fraction of sp³-hybridized carbons (Fsp3) is 0.455. The lowest BCUT2D eigenvalue weighted by Crippen LogP contribution is -2.69. The Morgan fingerprint density at radius 2 is 1.60 bits per heavy atom. The van der Waals surface area contributed by atoms with Crippen molar-refractivity contribution in [2.45, 2.75) is 88.5 Å². The van der Waals surface area contributed by atoms with Gasteiger partial charge < -0.3 is 58.7 Å². The maximum atomic E-state index is 13.2. The van der Waals surface area contributed by atoms with Gasteiger partial charge in [0.1, 0.15) is 52.0 Å². The van der Waals surface area contributed by atoms with Crippen LogP contribution in [0.25, 0.3) is 43.5 Å². The summed E-state index contributed by atoms with van der Waals surface area (Å²) in [5.74, 6) is -0.313. The number of hydrogen-bond acceptors (Lipinski definition) is 14. The molecule has 14 nitrogen and oxygen atoms in total. The highest BCUT2D eigenvalue weighted by Gasteiger charge is 2.56. The zero-order valence-electron chi connectivity index (χ0n) is 26.1. The maximum Gasteiger partial charge on any atom is 0.348 e. The Morgan fingerprint density at radius 3 is 2.32 bits per heavy atom. The normalized spacial score (nSPS) is 33.3. The molecule has 6 N–H and O–H groups in total. The van der Waals surface area contributed by atoms with Crippen LogP contribution in [0.15, 0.2) is 48.8 Å². The molecular weight excluding hydrogens is 618 g/mol. The number of phenolic OH excluding ortho intramolecular Hbond substituents is 1. The molecule has 4 heterocycles. The fourth-order valence-corrected chi connectivity index (χ4v) is 6.91. The van der Waals surface area contributed by atoms with Crippen LogP contribution in [0.1, 0.15) is 26.3 Å². The van der Waals surface area contributed by atoms with Crippen molar-refractivity contribution in [3.63, 3.8) is 0 Å². The van der Waals surface area contributed by atoms with Gasteiger partial charge in [-0.2, -0.15) is 0 Å². The third-order valence-electron chi connectivity index (χ3n) is 9.52. The quantitative estimate of drug-likeness (QED) is 0.104. The topological polar surface area (TPSA) is 214 Å². The molecule has 2 fully saturated rings. The molecule has 0 saturated carbocycles. The molecule has 0 bridgehead atoms. The first-order valence-electron chi connectivity index (χ1n) is 15.2. The Morgan fingerprint density at radius 1 is 0.894 bits per heavy atom. The minimum atomic E-state index is -1.95. The standard InChI is InChI=1S/C33H35NO13/c1-11-6-9-17-19-18(11)29(38)46-25-15-8-7-14(10-16(15)24(36)21(20(19)25)30(39)45-17)44-32-28(33(4,40)27(37)13(3)43-32)47-31-22(34)26(41-5)23(35)12(2)42-31/h6-10,12-13,22-23,26-28,31-32,35-37,40H,34H2,1-5H3/t12-,13-,22-,23+,26-,27+,28+,31-,32+,33+/m1/s1. The second-order valence-electron chi connectivity index (χ2n) is 12.6. The van der Waals surface area contributed by atoms with Gasteiger partial charge in [0, 0.05) is 28.7 Å². The second kappa shape index (κ2) is 11.1. The van der Waals surface area contributed by atoms with E-state index in [0.717, 1.165) is 0 Å². The molecule has 14 heteroatoms. The summed E-state index contributed by atoms with van der Waals surface area (Å²) in [6, 6.07) is 6.75. The monoisotopic (exact) mass is 653 g/mol. The molecule has 250 valence electrons. The van der Waals surface area contributed by atoms with Crippen LogP contribution >= 0.6 is 0 Å². The van der Waals surface area contributed by atoms with E-state index < -0.39 is 77.8 Å². The van der Waals surface area contributed by atoms with E-state index in [1.807, 2.05) is 0 Å². The number of aryl methyl sites for hydroxylation is 1. The minimum absolute atomic E-state index is 0.0857. The lowest BCUT2D eigenvalue weighted by atomic mass is 9.86. The molecule has 3 aromatic carbocycles. The van der Waals surface area contributed by atoms with Crippen molar-refractivity contribution in [3.05, 3.63) is 56.7 Å². The molecule has 2 aliphatic rings. The molecule has 2 aliphatic heterocycles. The van der Waals surface area contributed by atoms with Crippen molar-refractivity contribution in [3.8, 4) is 11.5 Å². The van der Waals surface area contributed by atoms with Gasteiger partial charge in [-0.15, -0.1) is 0 Å². The van der Waals surface area contributed by atoms with Crippen LogP contribution in [-0.4, -0.2) is 88.4 Å². The van der Waals surface area contributed by atoms with Crippen LogP contribution in [0.5, 0.6) is 11.5 Å². The highest BCUT2D eigenvalue weighted by molar-refractivity contribution is 6.27. The first-order valence-corrected chi connectivity index (χ1v) is 15.2.